The number of rotatable bonds is 6. The van der Waals surface area contributed by atoms with Crippen LogP contribution in [0.2, 0.25) is 0 Å². The number of amides is 1. The first-order valence-corrected chi connectivity index (χ1v) is 9.43. The lowest BCUT2D eigenvalue weighted by Gasteiger charge is -2.28. The van der Waals surface area contributed by atoms with Crippen LogP contribution in [-0.4, -0.2) is 25.6 Å². The number of methoxy groups -OCH3 is 1. The highest BCUT2D eigenvalue weighted by atomic mass is 19.1. The molecule has 3 rings (SSSR count). The van der Waals surface area contributed by atoms with E-state index in [0.29, 0.717) is 36.4 Å². The Morgan fingerprint density at radius 3 is 2.50 bits per heavy atom. The molecule has 0 aromatic heterocycles. The van der Waals surface area contributed by atoms with Gasteiger partial charge >= 0.3 is 5.97 Å². The zero-order chi connectivity index (χ0) is 20.1. The number of hydrogen-bond acceptors (Lipinski definition) is 4. The minimum absolute atomic E-state index is 0.230. The summed E-state index contributed by atoms with van der Waals surface area (Å²) in [6, 6.07) is 11.2. The lowest BCUT2D eigenvalue weighted by molar-refractivity contribution is -0.121. The molecule has 28 heavy (non-hydrogen) atoms. The first kappa shape index (κ1) is 19.9. The maximum absolute atomic E-state index is 14.5. The molecule has 0 heterocycles. The van der Waals surface area contributed by atoms with Crippen molar-refractivity contribution in [2.24, 2.45) is 0 Å². The van der Waals surface area contributed by atoms with Crippen LogP contribution in [0.5, 0.6) is 5.75 Å². The van der Waals surface area contributed by atoms with Crippen molar-refractivity contribution in [2.45, 2.75) is 38.0 Å². The summed E-state index contributed by atoms with van der Waals surface area (Å²) in [6.45, 7) is 2.21. The molecular weight excluding hydrogens is 361 g/mol. The molecule has 0 radical (unpaired) electrons. The highest BCUT2D eigenvalue weighted by Gasteiger charge is 2.44. The molecule has 6 heteroatoms. The average Bonchev–Trinajstić information content (AvgIpc) is 3.20. The van der Waals surface area contributed by atoms with Gasteiger partial charge in [0, 0.05) is 11.3 Å². The SMILES string of the molecule is CCOc1ccc(NC(=O)C2(c3ccccc3F)CCCC2)cc1C(=O)OC. The van der Waals surface area contributed by atoms with E-state index < -0.39 is 11.4 Å². The van der Waals surface area contributed by atoms with Gasteiger partial charge in [-0.25, -0.2) is 9.18 Å². The lowest BCUT2D eigenvalue weighted by atomic mass is 9.77. The van der Waals surface area contributed by atoms with Gasteiger partial charge in [-0.3, -0.25) is 4.79 Å². The molecule has 1 aliphatic carbocycles. The fourth-order valence-electron chi connectivity index (χ4n) is 3.86. The quantitative estimate of drug-likeness (QED) is 0.746. The molecule has 2 aromatic carbocycles. The lowest BCUT2D eigenvalue weighted by Crippen LogP contribution is -2.38. The largest absolute Gasteiger partial charge is 0.493 e. The van der Waals surface area contributed by atoms with Crippen LogP contribution in [0, 0.1) is 5.82 Å². The first-order chi connectivity index (χ1) is 13.5. The fraction of sp³-hybridized carbons (Fsp3) is 0.364. The minimum Gasteiger partial charge on any atom is -0.493 e. The molecule has 1 amide bonds. The standard InChI is InChI=1S/C22H24FNO4/c1-3-28-19-11-10-15(14-16(19)20(25)27-2)24-21(26)22(12-6-7-13-22)17-8-4-5-9-18(17)23/h4-5,8-11,14H,3,6-7,12-13H2,1-2H3,(H,24,26). The summed E-state index contributed by atoms with van der Waals surface area (Å²) in [4.78, 5) is 25.3. The van der Waals surface area contributed by atoms with Crippen LogP contribution in [0.25, 0.3) is 0 Å². The number of benzene rings is 2. The van der Waals surface area contributed by atoms with Gasteiger partial charge in [-0.1, -0.05) is 31.0 Å². The first-order valence-electron chi connectivity index (χ1n) is 9.43. The van der Waals surface area contributed by atoms with Gasteiger partial charge in [0.15, 0.2) is 0 Å². The Labute approximate surface area is 163 Å². The number of hydrogen-bond donors (Lipinski definition) is 1. The van der Waals surface area contributed by atoms with Crippen LogP contribution < -0.4 is 10.1 Å². The van der Waals surface area contributed by atoms with Gasteiger partial charge in [0.05, 0.1) is 19.1 Å². The minimum atomic E-state index is -0.907. The number of carbonyl (C=O) groups is 2. The van der Waals surface area contributed by atoms with Gasteiger partial charge in [-0.05, 0) is 44.0 Å². The van der Waals surface area contributed by atoms with E-state index in [1.807, 2.05) is 6.92 Å². The van der Waals surface area contributed by atoms with Crippen molar-refractivity contribution in [1.82, 2.24) is 0 Å². The third kappa shape index (κ3) is 3.72. The van der Waals surface area contributed by atoms with Crippen LogP contribution in [0.3, 0.4) is 0 Å². The van der Waals surface area contributed by atoms with Crippen molar-refractivity contribution in [3.05, 3.63) is 59.4 Å². The number of ether oxygens (including phenoxy) is 2. The molecule has 1 N–H and O–H groups in total. The topological polar surface area (TPSA) is 64.6 Å². The van der Waals surface area contributed by atoms with Crippen LogP contribution in [-0.2, 0) is 14.9 Å². The summed E-state index contributed by atoms with van der Waals surface area (Å²) in [5, 5.41) is 2.87. The van der Waals surface area contributed by atoms with Crippen molar-refractivity contribution in [2.75, 3.05) is 19.0 Å². The molecule has 0 bridgehead atoms. The Kier molecular flexibility index (Phi) is 5.97. The number of carbonyl (C=O) groups excluding carboxylic acids is 2. The third-order valence-corrected chi connectivity index (χ3v) is 5.22. The normalized spacial score (nSPS) is 15.1. The van der Waals surface area contributed by atoms with Crippen LogP contribution in [0.1, 0.15) is 48.5 Å². The van der Waals surface area contributed by atoms with E-state index in [4.69, 9.17) is 9.47 Å². The molecule has 1 aliphatic rings. The second-order valence-corrected chi connectivity index (χ2v) is 6.86. The Hall–Kier alpha value is -2.89. The van der Waals surface area contributed by atoms with Crippen molar-refractivity contribution >= 4 is 17.6 Å². The summed E-state index contributed by atoms with van der Waals surface area (Å²) < 4.78 is 24.7. The zero-order valence-electron chi connectivity index (χ0n) is 16.1. The van der Waals surface area contributed by atoms with Crippen LogP contribution in [0.15, 0.2) is 42.5 Å². The van der Waals surface area contributed by atoms with Gasteiger partial charge in [0.2, 0.25) is 5.91 Å². The summed E-state index contributed by atoms with van der Waals surface area (Å²) in [5.41, 5.74) is 0.184. The molecule has 1 fully saturated rings. The second-order valence-electron chi connectivity index (χ2n) is 6.86. The average molecular weight is 385 g/mol. The third-order valence-electron chi connectivity index (χ3n) is 5.22. The van der Waals surface area contributed by atoms with Gasteiger partial charge < -0.3 is 14.8 Å². The number of esters is 1. The van der Waals surface area contributed by atoms with Gasteiger partial charge in [-0.2, -0.15) is 0 Å². The number of anilines is 1. The summed E-state index contributed by atoms with van der Waals surface area (Å²) in [7, 11) is 1.29. The molecule has 1 saturated carbocycles. The fourth-order valence-corrected chi connectivity index (χ4v) is 3.86. The maximum atomic E-state index is 14.5. The number of nitrogens with one attached hydrogen (secondary N) is 1. The van der Waals surface area contributed by atoms with E-state index in [-0.39, 0.29) is 17.3 Å². The molecule has 5 nitrogen and oxygen atoms in total. The molecule has 148 valence electrons. The molecular formula is C22H24FNO4. The maximum Gasteiger partial charge on any atom is 0.341 e. The molecule has 0 saturated heterocycles. The Bertz CT molecular complexity index is 875. The molecule has 0 atom stereocenters. The smallest absolute Gasteiger partial charge is 0.341 e. The van der Waals surface area contributed by atoms with E-state index in [1.165, 1.54) is 19.2 Å². The van der Waals surface area contributed by atoms with E-state index in [9.17, 15) is 14.0 Å². The molecule has 0 spiro atoms. The monoisotopic (exact) mass is 385 g/mol. The molecule has 2 aromatic rings. The highest BCUT2D eigenvalue weighted by Crippen LogP contribution is 2.43. The Morgan fingerprint density at radius 1 is 1.14 bits per heavy atom. The van der Waals surface area contributed by atoms with Crippen molar-refractivity contribution in [1.29, 1.82) is 0 Å². The Balaban J connectivity index is 1.93. The van der Waals surface area contributed by atoms with E-state index in [0.717, 1.165) is 12.8 Å². The molecule has 0 unspecified atom stereocenters. The van der Waals surface area contributed by atoms with Crippen LogP contribution in [0.4, 0.5) is 10.1 Å². The van der Waals surface area contributed by atoms with Crippen molar-refractivity contribution in [3.8, 4) is 5.75 Å². The van der Waals surface area contributed by atoms with Gasteiger partial charge in [0.25, 0.3) is 0 Å². The second kappa shape index (κ2) is 8.42. The number of halogens is 1. The van der Waals surface area contributed by atoms with E-state index >= 15 is 0 Å². The van der Waals surface area contributed by atoms with E-state index in [2.05, 4.69) is 5.32 Å². The van der Waals surface area contributed by atoms with Gasteiger partial charge in [0.1, 0.15) is 17.1 Å². The van der Waals surface area contributed by atoms with Crippen LogP contribution >= 0.6 is 0 Å². The van der Waals surface area contributed by atoms with Crippen molar-refractivity contribution < 1.29 is 23.5 Å². The summed E-state index contributed by atoms with van der Waals surface area (Å²) >= 11 is 0. The Morgan fingerprint density at radius 2 is 1.86 bits per heavy atom. The summed E-state index contributed by atoms with van der Waals surface area (Å²) in [5.74, 6) is -0.808. The zero-order valence-corrected chi connectivity index (χ0v) is 16.1. The highest BCUT2D eigenvalue weighted by molar-refractivity contribution is 6.01. The molecule has 0 aliphatic heterocycles. The van der Waals surface area contributed by atoms with E-state index in [1.54, 1.807) is 30.3 Å². The van der Waals surface area contributed by atoms with Gasteiger partial charge in [-0.15, -0.1) is 0 Å². The summed E-state index contributed by atoms with van der Waals surface area (Å²) in [6.07, 6.45) is 2.89. The predicted molar refractivity (Wildman–Crippen MR) is 104 cm³/mol. The van der Waals surface area contributed by atoms with Crippen molar-refractivity contribution in [3.63, 3.8) is 0 Å². The predicted octanol–water partition coefficient (Wildman–Crippen LogP) is 4.46.